The van der Waals surface area contributed by atoms with Crippen LogP contribution in [0.2, 0.25) is 0 Å². The number of nitrogens with one attached hydrogen (secondary N) is 3. The number of benzene rings is 6. The fraction of sp³-hybridized carbons (Fsp3) is 0.400. The first kappa shape index (κ1) is 59.9. The van der Waals surface area contributed by atoms with Crippen LogP contribution in [0.15, 0.2) is 109 Å². The molecule has 6 aromatic carbocycles. The number of anilines is 6. The first-order valence-corrected chi connectivity index (χ1v) is 27.5. The highest BCUT2D eigenvalue weighted by atomic mass is 16.7. The monoisotopic (exact) mass is 1050 g/mol. The van der Waals surface area contributed by atoms with Gasteiger partial charge in [-0.2, -0.15) is 0 Å². The maximum Gasteiger partial charge on any atom is 0.467 e. The van der Waals surface area contributed by atoms with E-state index in [4.69, 9.17) is 48.1 Å². The second kappa shape index (κ2) is 22.1. The molecule has 2 heterocycles. The summed E-state index contributed by atoms with van der Waals surface area (Å²) in [6.45, 7) is 38.5. The van der Waals surface area contributed by atoms with E-state index < -0.39 is 21.4 Å². The molecule has 2 saturated heterocycles. The third-order valence-corrected chi connectivity index (χ3v) is 14.9. The van der Waals surface area contributed by atoms with Crippen molar-refractivity contribution < 1.29 is 13.7 Å². The van der Waals surface area contributed by atoms with Crippen molar-refractivity contribution in [2.75, 3.05) is 34.4 Å². The normalized spacial score (nSPS) is 15.2. The third-order valence-electron chi connectivity index (χ3n) is 14.9. The highest BCUT2D eigenvalue weighted by molar-refractivity contribution is 6.99. The lowest BCUT2D eigenvalue weighted by atomic mass is 9.43. The Bertz CT molecular complexity index is 2580. The summed E-state index contributed by atoms with van der Waals surface area (Å²) in [7, 11) is -2.13. The topological polar surface area (TPSA) is 220 Å². The van der Waals surface area contributed by atoms with E-state index in [1.807, 2.05) is 54.6 Å². The van der Waals surface area contributed by atoms with Crippen LogP contribution in [-0.4, -0.2) is 42.3 Å². The number of nitrogens with two attached hydrogens (primary N) is 6. The van der Waals surface area contributed by atoms with Crippen molar-refractivity contribution in [3.05, 3.63) is 143 Å². The lowest BCUT2D eigenvalue weighted by Crippen LogP contribution is -2.83. The molecule has 2 aliphatic heterocycles. The Hall–Kier alpha value is -5.73. The lowest BCUT2D eigenvalue weighted by Gasteiger charge is -2.35. The third kappa shape index (κ3) is 13.8. The standard InChI is InChI=1S/C30H45B3N6.C30H42B3N3O3/c2*1-28(2,3)22-13-10-19(16-25(22)34)31-37-32(20-11-14-23(26(35)17-20)29(4,5)6)39-33(38-31)21-12-15-24(27(36)18-21)30(7,8)9/h10-18,37-39H,34-36H2,1-9H3;10-18H,34-36H2,1-9H3. The van der Waals surface area contributed by atoms with Crippen LogP contribution in [0.3, 0.4) is 0 Å². The van der Waals surface area contributed by atoms with Crippen molar-refractivity contribution in [2.45, 2.75) is 157 Å². The largest absolute Gasteiger partial charge is 0.467 e. The molecule has 0 aliphatic carbocycles. The Morgan fingerprint density at radius 1 is 0.256 bits per heavy atom. The number of nitrogen functional groups attached to an aromatic ring is 6. The highest BCUT2D eigenvalue weighted by Gasteiger charge is 2.45. The Kier molecular flexibility index (Phi) is 17.0. The minimum Gasteiger partial charge on any atom is -0.445 e. The summed E-state index contributed by atoms with van der Waals surface area (Å²) in [5.74, 6) is 0. The molecule has 12 nitrogen and oxygen atoms in total. The van der Waals surface area contributed by atoms with Crippen LogP contribution in [-0.2, 0) is 46.2 Å². The number of rotatable bonds is 6. The molecule has 0 bridgehead atoms. The molecular formula is C60H87B6N9O3. The van der Waals surface area contributed by atoms with Gasteiger partial charge >= 0.3 is 42.3 Å². The smallest absolute Gasteiger partial charge is 0.445 e. The van der Waals surface area contributed by atoms with E-state index in [0.717, 1.165) is 83.2 Å². The van der Waals surface area contributed by atoms with Gasteiger partial charge in [-0.1, -0.05) is 197 Å². The van der Waals surface area contributed by atoms with Gasteiger partial charge in [0.1, 0.15) is 0 Å². The zero-order valence-corrected chi connectivity index (χ0v) is 50.0. The highest BCUT2D eigenvalue weighted by Crippen LogP contribution is 2.32. The van der Waals surface area contributed by atoms with E-state index in [2.05, 4.69) is 195 Å². The van der Waals surface area contributed by atoms with Gasteiger partial charge in [-0.05, 0) is 135 Å². The molecule has 0 saturated carbocycles. The lowest BCUT2D eigenvalue weighted by molar-refractivity contribution is 0.308. The van der Waals surface area contributed by atoms with Crippen LogP contribution in [0.25, 0.3) is 0 Å². The minimum absolute atomic E-state index is 0.0265. The van der Waals surface area contributed by atoms with E-state index in [9.17, 15) is 0 Å². The maximum atomic E-state index is 6.56. The molecule has 18 heteroatoms. The summed E-state index contributed by atoms with van der Waals surface area (Å²) in [4.78, 5) is 0. The van der Waals surface area contributed by atoms with Gasteiger partial charge in [0.2, 0.25) is 0 Å². The van der Waals surface area contributed by atoms with Crippen molar-refractivity contribution in [2.24, 2.45) is 0 Å². The zero-order valence-electron chi connectivity index (χ0n) is 50.0. The van der Waals surface area contributed by atoms with Crippen LogP contribution in [0.5, 0.6) is 0 Å². The summed E-state index contributed by atoms with van der Waals surface area (Å²) in [6.07, 6.45) is 0. The van der Waals surface area contributed by atoms with E-state index in [1.165, 1.54) is 0 Å². The van der Waals surface area contributed by atoms with Gasteiger partial charge in [-0.15, -0.1) is 0 Å². The van der Waals surface area contributed by atoms with Crippen LogP contribution >= 0.6 is 0 Å². The van der Waals surface area contributed by atoms with Gasteiger partial charge in [-0.25, -0.2) is 0 Å². The molecule has 15 N–H and O–H groups in total. The fourth-order valence-electron chi connectivity index (χ4n) is 10.7. The summed E-state index contributed by atoms with van der Waals surface area (Å²) in [6, 6.07) is 37.1. The Morgan fingerprint density at radius 3 is 0.564 bits per heavy atom. The molecule has 0 aromatic heterocycles. The van der Waals surface area contributed by atoms with E-state index in [0.29, 0.717) is 17.1 Å². The van der Waals surface area contributed by atoms with Crippen molar-refractivity contribution in [1.82, 2.24) is 15.4 Å². The second-order valence-corrected chi connectivity index (χ2v) is 27.8. The summed E-state index contributed by atoms with van der Waals surface area (Å²) < 4.78 is 19.2. The SMILES string of the molecule is CC(C)(C)c1ccc(B2NB(c3ccc(C(C)(C)C)c(N)c3)NB(c3ccc(C(C)(C)C)c(N)c3)N2)cc1N.CC(C)(C)c1ccc(B2OB(c3ccc(C(C)(C)C)c(N)c3)OB(c3ccc(C(C)(C)C)c(N)c3)O2)cc1N. The summed E-state index contributed by atoms with van der Waals surface area (Å²) in [5, 5.41) is 11.2. The van der Waals surface area contributed by atoms with Gasteiger partial charge in [0, 0.05) is 34.1 Å². The fourth-order valence-corrected chi connectivity index (χ4v) is 10.7. The molecule has 78 heavy (non-hydrogen) atoms. The molecule has 0 spiro atoms. The molecule has 8 rings (SSSR count). The molecule has 0 atom stereocenters. The Labute approximate surface area is 470 Å². The number of hydrogen-bond acceptors (Lipinski definition) is 12. The van der Waals surface area contributed by atoms with Gasteiger partial charge in [0.05, 0.1) is 0 Å². The second-order valence-electron chi connectivity index (χ2n) is 27.8. The molecule has 0 radical (unpaired) electrons. The van der Waals surface area contributed by atoms with Crippen molar-refractivity contribution in [3.8, 4) is 0 Å². The molecular weight excluding hydrogens is 960 g/mol. The average Bonchev–Trinajstić information content (AvgIpc) is 3.31. The van der Waals surface area contributed by atoms with Crippen molar-refractivity contribution in [1.29, 1.82) is 0 Å². The quantitative estimate of drug-likeness (QED) is 0.0648. The summed E-state index contributed by atoms with van der Waals surface area (Å²) in [5.41, 5.74) is 55.6. The van der Waals surface area contributed by atoms with Gasteiger partial charge < -0.3 is 63.5 Å². The van der Waals surface area contributed by atoms with Gasteiger partial charge in [0.25, 0.3) is 0 Å². The maximum absolute atomic E-state index is 6.56. The first-order chi connectivity index (χ1) is 35.9. The zero-order chi connectivity index (χ0) is 57.8. The molecule has 6 aromatic rings. The summed E-state index contributed by atoms with van der Waals surface area (Å²) >= 11 is 0. The number of hydrogen-bond donors (Lipinski definition) is 9. The van der Waals surface area contributed by atoms with Crippen LogP contribution in [0.4, 0.5) is 34.1 Å². The van der Waals surface area contributed by atoms with Crippen molar-refractivity contribution >= 4 is 109 Å². The van der Waals surface area contributed by atoms with Crippen LogP contribution in [0.1, 0.15) is 158 Å². The molecule has 0 amide bonds. The molecule has 2 aliphatic rings. The molecule has 2 fully saturated rings. The Morgan fingerprint density at radius 2 is 0.410 bits per heavy atom. The predicted octanol–water partition coefficient (Wildman–Crippen LogP) is 6.47. The first-order valence-electron chi connectivity index (χ1n) is 27.5. The van der Waals surface area contributed by atoms with Gasteiger partial charge in [-0.3, -0.25) is 0 Å². The molecule has 0 unspecified atom stereocenters. The van der Waals surface area contributed by atoms with Crippen LogP contribution in [0, 0.1) is 0 Å². The van der Waals surface area contributed by atoms with Crippen LogP contribution < -0.4 is 82.6 Å². The van der Waals surface area contributed by atoms with E-state index >= 15 is 0 Å². The van der Waals surface area contributed by atoms with Crippen molar-refractivity contribution in [3.63, 3.8) is 0 Å². The molecule has 408 valence electrons. The minimum atomic E-state index is -0.711. The van der Waals surface area contributed by atoms with Gasteiger partial charge in [0.15, 0.2) is 0 Å². The average molecular weight is 1050 g/mol. The predicted molar refractivity (Wildman–Crippen MR) is 342 cm³/mol. The Balaban J connectivity index is 0.000000226. The van der Waals surface area contributed by atoms with E-state index in [-0.39, 0.29) is 53.4 Å². The van der Waals surface area contributed by atoms with E-state index in [1.54, 1.807) is 0 Å².